The zero-order valence-electron chi connectivity index (χ0n) is 11.4. The van der Waals surface area contributed by atoms with Gasteiger partial charge in [-0.15, -0.1) is 0 Å². The SMILES string of the molecule is Cc1cc(C(N)C2=CCCCC2)c2ccccc2n1. The van der Waals surface area contributed by atoms with E-state index in [4.69, 9.17) is 5.73 Å². The van der Waals surface area contributed by atoms with Crippen LogP contribution in [0.5, 0.6) is 0 Å². The molecule has 1 aromatic heterocycles. The monoisotopic (exact) mass is 252 g/mol. The minimum atomic E-state index is 0.0203. The van der Waals surface area contributed by atoms with Crippen molar-refractivity contribution in [1.82, 2.24) is 4.98 Å². The number of fused-ring (bicyclic) bond motifs is 1. The predicted molar refractivity (Wildman–Crippen MR) is 80.0 cm³/mol. The van der Waals surface area contributed by atoms with Gasteiger partial charge >= 0.3 is 0 Å². The van der Waals surface area contributed by atoms with E-state index in [-0.39, 0.29) is 6.04 Å². The molecule has 0 amide bonds. The number of nitrogens with zero attached hydrogens (tertiary/aromatic N) is 1. The van der Waals surface area contributed by atoms with Gasteiger partial charge in [-0.1, -0.05) is 29.8 Å². The highest BCUT2D eigenvalue weighted by molar-refractivity contribution is 5.83. The molecule has 2 N–H and O–H groups in total. The molecule has 3 rings (SSSR count). The quantitative estimate of drug-likeness (QED) is 0.819. The molecule has 2 nitrogen and oxygen atoms in total. The van der Waals surface area contributed by atoms with Crippen LogP contribution < -0.4 is 5.73 Å². The van der Waals surface area contributed by atoms with Crippen LogP contribution in [0.1, 0.15) is 43.0 Å². The number of benzene rings is 1. The molecular formula is C17H20N2. The lowest BCUT2D eigenvalue weighted by atomic mass is 9.89. The van der Waals surface area contributed by atoms with Crippen molar-refractivity contribution >= 4 is 10.9 Å². The molecule has 98 valence electrons. The zero-order chi connectivity index (χ0) is 13.2. The topological polar surface area (TPSA) is 38.9 Å². The molecule has 0 aliphatic heterocycles. The highest BCUT2D eigenvalue weighted by atomic mass is 14.7. The Morgan fingerprint density at radius 1 is 1.21 bits per heavy atom. The van der Waals surface area contributed by atoms with Crippen LogP contribution in [0.2, 0.25) is 0 Å². The van der Waals surface area contributed by atoms with Crippen molar-refractivity contribution in [3.8, 4) is 0 Å². The second-order valence-corrected chi connectivity index (χ2v) is 5.37. The number of aromatic nitrogens is 1. The van der Waals surface area contributed by atoms with Crippen molar-refractivity contribution in [3.05, 3.63) is 53.2 Å². The van der Waals surface area contributed by atoms with Gasteiger partial charge < -0.3 is 5.73 Å². The smallest absolute Gasteiger partial charge is 0.0708 e. The van der Waals surface area contributed by atoms with Gasteiger partial charge in [-0.05, 0) is 50.3 Å². The maximum atomic E-state index is 6.51. The summed E-state index contributed by atoms with van der Waals surface area (Å²) >= 11 is 0. The van der Waals surface area contributed by atoms with Gasteiger partial charge in [0.15, 0.2) is 0 Å². The molecular weight excluding hydrogens is 232 g/mol. The standard InChI is InChI=1S/C17H20N2/c1-12-11-15(14-9-5-6-10-16(14)19-12)17(18)13-7-3-2-4-8-13/h5-7,9-11,17H,2-4,8,18H2,1H3. The number of aryl methyl sites for hydroxylation is 1. The largest absolute Gasteiger partial charge is 0.321 e. The molecule has 2 heteroatoms. The van der Waals surface area contributed by atoms with E-state index in [1.165, 1.54) is 35.8 Å². The van der Waals surface area contributed by atoms with E-state index in [1.807, 2.05) is 13.0 Å². The molecule has 0 spiro atoms. The molecule has 1 aliphatic rings. The van der Waals surface area contributed by atoms with Crippen LogP contribution >= 0.6 is 0 Å². The van der Waals surface area contributed by atoms with Crippen molar-refractivity contribution in [2.24, 2.45) is 5.73 Å². The molecule has 1 atom stereocenters. The molecule has 0 radical (unpaired) electrons. The third-order valence-electron chi connectivity index (χ3n) is 3.94. The molecule has 0 bridgehead atoms. The Kier molecular flexibility index (Phi) is 3.34. The Morgan fingerprint density at radius 3 is 2.84 bits per heavy atom. The number of hydrogen-bond donors (Lipinski definition) is 1. The average Bonchev–Trinajstić information content (AvgIpc) is 2.46. The van der Waals surface area contributed by atoms with Gasteiger partial charge in [-0.25, -0.2) is 0 Å². The molecule has 1 unspecified atom stereocenters. The third kappa shape index (κ3) is 2.41. The third-order valence-corrected chi connectivity index (χ3v) is 3.94. The number of nitrogens with two attached hydrogens (primary N) is 1. The van der Waals surface area contributed by atoms with Gasteiger partial charge in [-0.2, -0.15) is 0 Å². The van der Waals surface area contributed by atoms with Gasteiger partial charge in [0.05, 0.1) is 11.6 Å². The summed E-state index contributed by atoms with van der Waals surface area (Å²) in [6.45, 7) is 2.04. The summed E-state index contributed by atoms with van der Waals surface area (Å²) in [6, 6.07) is 10.4. The first kappa shape index (κ1) is 12.4. The fourth-order valence-electron chi connectivity index (χ4n) is 2.94. The Morgan fingerprint density at radius 2 is 2.05 bits per heavy atom. The molecule has 19 heavy (non-hydrogen) atoms. The van der Waals surface area contributed by atoms with E-state index in [1.54, 1.807) is 0 Å². The van der Waals surface area contributed by atoms with E-state index in [9.17, 15) is 0 Å². The maximum Gasteiger partial charge on any atom is 0.0708 e. The summed E-state index contributed by atoms with van der Waals surface area (Å²) in [7, 11) is 0. The van der Waals surface area contributed by atoms with E-state index in [0.29, 0.717) is 0 Å². The average molecular weight is 252 g/mol. The molecule has 2 aromatic rings. The Hall–Kier alpha value is -1.67. The summed E-state index contributed by atoms with van der Waals surface area (Å²) in [4.78, 5) is 4.59. The maximum absolute atomic E-state index is 6.51. The van der Waals surface area contributed by atoms with E-state index < -0.39 is 0 Å². The summed E-state index contributed by atoms with van der Waals surface area (Å²) in [5.41, 5.74) is 11.2. The molecule has 0 fully saturated rings. The predicted octanol–water partition coefficient (Wildman–Crippen LogP) is 4.04. The van der Waals surface area contributed by atoms with Crippen molar-refractivity contribution in [2.45, 2.75) is 38.6 Å². The lowest BCUT2D eigenvalue weighted by Gasteiger charge is -2.21. The summed E-state index contributed by atoms with van der Waals surface area (Å²) in [5.74, 6) is 0. The van der Waals surface area contributed by atoms with Gasteiger partial charge in [0.25, 0.3) is 0 Å². The van der Waals surface area contributed by atoms with Gasteiger partial charge in [0, 0.05) is 11.1 Å². The van der Waals surface area contributed by atoms with Crippen molar-refractivity contribution in [2.75, 3.05) is 0 Å². The Balaban J connectivity index is 2.10. The second-order valence-electron chi connectivity index (χ2n) is 5.37. The number of para-hydroxylation sites is 1. The molecule has 1 aromatic carbocycles. The molecule has 0 saturated heterocycles. The van der Waals surface area contributed by atoms with Crippen LogP contribution in [-0.4, -0.2) is 4.98 Å². The van der Waals surface area contributed by atoms with Crippen molar-refractivity contribution < 1.29 is 0 Å². The first-order valence-corrected chi connectivity index (χ1v) is 7.06. The minimum Gasteiger partial charge on any atom is -0.321 e. The number of allylic oxidation sites excluding steroid dienone is 1. The zero-order valence-corrected chi connectivity index (χ0v) is 11.4. The van der Waals surface area contributed by atoms with Crippen LogP contribution in [0.3, 0.4) is 0 Å². The summed E-state index contributed by atoms with van der Waals surface area (Å²) in [5, 5.41) is 1.19. The van der Waals surface area contributed by atoms with Crippen LogP contribution in [0, 0.1) is 6.92 Å². The van der Waals surface area contributed by atoms with Crippen LogP contribution in [0.25, 0.3) is 10.9 Å². The summed E-state index contributed by atoms with van der Waals surface area (Å²) < 4.78 is 0. The number of hydrogen-bond acceptors (Lipinski definition) is 2. The molecule has 1 aliphatic carbocycles. The highest BCUT2D eigenvalue weighted by Crippen LogP contribution is 2.31. The number of pyridine rings is 1. The first-order chi connectivity index (χ1) is 9.25. The van der Waals surface area contributed by atoms with Crippen LogP contribution in [-0.2, 0) is 0 Å². The van der Waals surface area contributed by atoms with Gasteiger partial charge in [-0.3, -0.25) is 4.98 Å². The van der Waals surface area contributed by atoms with Crippen molar-refractivity contribution in [1.29, 1.82) is 0 Å². The van der Waals surface area contributed by atoms with Gasteiger partial charge in [0.1, 0.15) is 0 Å². The fourth-order valence-corrected chi connectivity index (χ4v) is 2.94. The molecule has 1 heterocycles. The Labute approximate surface area is 114 Å². The Bertz CT molecular complexity index is 628. The van der Waals surface area contributed by atoms with Crippen LogP contribution in [0.4, 0.5) is 0 Å². The highest BCUT2D eigenvalue weighted by Gasteiger charge is 2.17. The lowest BCUT2D eigenvalue weighted by Crippen LogP contribution is -2.15. The lowest BCUT2D eigenvalue weighted by molar-refractivity contribution is 0.649. The molecule has 0 saturated carbocycles. The van der Waals surface area contributed by atoms with E-state index in [0.717, 1.165) is 17.6 Å². The first-order valence-electron chi connectivity index (χ1n) is 7.06. The number of rotatable bonds is 2. The normalized spacial score (nSPS) is 17.3. The van der Waals surface area contributed by atoms with E-state index >= 15 is 0 Å². The minimum absolute atomic E-state index is 0.0203. The van der Waals surface area contributed by atoms with Gasteiger partial charge in [0.2, 0.25) is 0 Å². The second kappa shape index (κ2) is 5.14. The fraction of sp³-hybridized carbons (Fsp3) is 0.353. The van der Waals surface area contributed by atoms with Crippen LogP contribution in [0.15, 0.2) is 42.0 Å². The summed E-state index contributed by atoms with van der Waals surface area (Å²) in [6.07, 6.45) is 7.20. The van der Waals surface area contributed by atoms with Crippen molar-refractivity contribution in [3.63, 3.8) is 0 Å². The van der Waals surface area contributed by atoms with E-state index in [2.05, 4.69) is 35.3 Å².